The van der Waals surface area contributed by atoms with E-state index in [2.05, 4.69) is 10.6 Å². The number of para-hydroxylation sites is 1. The molecular weight excluding hydrogens is 314 g/mol. The molecule has 1 aromatic rings. The minimum absolute atomic E-state index is 0.160. The smallest absolute Gasteiger partial charge is 0.290 e. The second-order valence-corrected chi connectivity index (χ2v) is 5.23. The van der Waals surface area contributed by atoms with Crippen LogP contribution in [0.2, 0.25) is 0 Å². The van der Waals surface area contributed by atoms with Gasteiger partial charge in [-0.05, 0) is 38.1 Å². The van der Waals surface area contributed by atoms with Crippen molar-refractivity contribution in [2.75, 3.05) is 32.5 Å². The summed E-state index contributed by atoms with van der Waals surface area (Å²) >= 11 is 0. The van der Waals surface area contributed by atoms with E-state index in [1.807, 2.05) is 44.4 Å². The fraction of sp³-hybridized carbons (Fsp3) is 0.438. The molecule has 8 nitrogen and oxygen atoms in total. The molecular formula is C16H25N3O5. The number of piperidine rings is 1. The lowest BCUT2D eigenvalue weighted by Gasteiger charge is -2.39. The number of carboxylic acid groups (broad SMARTS) is 2. The second kappa shape index (κ2) is 11.9. The highest BCUT2D eigenvalue weighted by Crippen LogP contribution is 2.26. The summed E-state index contributed by atoms with van der Waals surface area (Å²) in [6.45, 7) is 1.25. The van der Waals surface area contributed by atoms with E-state index < -0.39 is 5.54 Å². The van der Waals surface area contributed by atoms with Crippen LogP contribution in [0.3, 0.4) is 0 Å². The molecule has 24 heavy (non-hydrogen) atoms. The highest BCUT2D eigenvalue weighted by atomic mass is 16.3. The van der Waals surface area contributed by atoms with Crippen LogP contribution in [-0.2, 0) is 14.4 Å². The van der Waals surface area contributed by atoms with E-state index in [1.54, 1.807) is 4.90 Å². The predicted molar refractivity (Wildman–Crippen MR) is 91.0 cm³/mol. The maximum atomic E-state index is 12.5. The predicted octanol–water partition coefficient (Wildman–Crippen LogP) is 0.711. The Morgan fingerprint density at radius 1 is 1.12 bits per heavy atom. The molecule has 1 aromatic carbocycles. The Labute approximate surface area is 141 Å². The summed E-state index contributed by atoms with van der Waals surface area (Å²) < 4.78 is 0. The third-order valence-electron chi connectivity index (χ3n) is 3.43. The summed E-state index contributed by atoms with van der Waals surface area (Å²) in [6.07, 6.45) is 1.64. The summed E-state index contributed by atoms with van der Waals surface area (Å²) in [5.41, 5.74) is 0.547. The van der Waals surface area contributed by atoms with Crippen LogP contribution in [0.4, 0.5) is 5.69 Å². The van der Waals surface area contributed by atoms with Gasteiger partial charge in [-0.15, -0.1) is 0 Å². The highest BCUT2D eigenvalue weighted by Gasteiger charge is 2.40. The monoisotopic (exact) mass is 339 g/mol. The van der Waals surface area contributed by atoms with Crippen LogP contribution in [0.1, 0.15) is 12.8 Å². The van der Waals surface area contributed by atoms with Gasteiger partial charge >= 0.3 is 0 Å². The number of nitrogens with zero attached hydrogens (tertiary/aromatic N) is 1. The molecule has 1 aliphatic rings. The largest absolute Gasteiger partial charge is 0.483 e. The molecule has 0 spiro atoms. The average Bonchev–Trinajstić information content (AvgIpc) is 2.57. The minimum Gasteiger partial charge on any atom is -0.483 e. The Morgan fingerprint density at radius 3 is 2.00 bits per heavy atom. The van der Waals surface area contributed by atoms with E-state index in [0.29, 0.717) is 0 Å². The summed E-state index contributed by atoms with van der Waals surface area (Å²) in [6, 6.07) is 9.96. The van der Waals surface area contributed by atoms with E-state index in [-0.39, 0.29) is 18.9 Å². The summed E-state index contributed by atoms with van der Waals surface area (Å²) in [4.78, 5) is 30.9. The lowest BCUT2D eigenvalue weighted by atomic mass is 9.86. The van der Waals surface area contributed by atoms with E-state index in [9.17, 15) is 4.79 Å². The molecule has 1 fully saturated rings. The molecule has 1 aliphatic heterocycles. The second-order valence-electron chi connectivity index (χ2n) is 5.23. The number of anilines is 1. The van der Waals surface area contributed by atoms with Crippen molar-refractivity contribution in [3.63, 3.8) is 0 Å². The zero-order valence-electron chi connectivity index (χ0n) is 13.9. The van der Waals surface area contributed by atoms with E-state index in [4.69, 9.17) is 19.8 Å². The minimum atomic E-state index is -0.462. The molecule has 0 saturated carbocycles. The molecule has 134 valence electrons. The Kier molecular flexibility index (Phi) is 10.6. The Hall–Kier alpha value is -2.61. The van der Waals surface area contributed by atoms with Crippen molar-refractivity contribution in [2.45, 2.75) is 18.4 Å². The zero-order valence-corrected chi connectivity index (χ0v) is 13.9. The van der Waals surface area contributed by atoms with Crippen molar-refractivity contribution >= 4 is 24.5 Å². The van der Waals surface area contributed by atoms with Crippen LogP contribution < -0.4 is 10.6 Å². The number of likely N-dealkylation sites (N-methyl/N-ethyl adjacent to an activating group) is 1. The van der Waals surface area contributed by atoms with Gasteiger partial charge in [-0.25, -0.2) is 0 Å². The van der Waals surface area contributed by atoms with Gasteiger partial charge in [0.15, 0.2) is 0 Å². The fourth-order valence-corrected chi connectivity index (χ4v) is 2.47. The lowest BCUT2D eigenvalue weighted by Crippen LogP contribution is -2.57. The van der Waals surface area contributed by atoms with Crippen molar-refractivity contribution in [1.29, 1.82) is 0 Å². The Morgan fingerprint density at radius 2 is 1.58 bits per heavy atom. The average molecular weight is 339 g/mol. The number of hydrogen-bond acceptors (Lipinski definition) is 5. The maximum Gasteiger partial charge on any atom is 0.290 e. The van der Waals surface area contributed by atoms with Gasteiger partial charge in [0.25, 0.3) is 12.9 Å². The van der Waals surface area contributed by atoms with Crippen molar-refractivity contribution < 1.29 is 24.6 Å². The number of nitrogens with one attached hydrogen (secondary N) is 2. The van der Waals surface area contributed by atoms with Gasteiger partial charge in [0, 0.05) is 19.8 Å². The van der Waals surface area contributed by atoms with Gasteiger partial charge in [-0.2, -0.15) is 0 Å². The molecule has 2 rings (SSSR count). The Bertz CT molecular complexity index is 482. The first-order chi connectivity index (χ1) is 11.5. The highest BCUT2D eigenvalue weighted by molar-refractivity contribution is 5.89. The molecule has 8 heteroatoms. The van der Waals surface area contributed by atoms with Crippen molar-refractivity contribution in [3.05, 3.63) is 30.3 Å². The van der Waals surface area contributed by atoms with Gasteiger partial charge in [0.1, 0.15) is 5.54 Å². The SMILES string of the molecule is CN(C)C(=O)C1(Nc2ccccc2)CCNCC1.O=CO.O=CO. The summed E-state index contributed by atoms with van der Waals surface area (Å²) in [5.74, 6) is 0.160. The number of benzene rings is 1. The van der Waals surface area contributed by atoms with Crippen LogP contribution >= 0.6 is 0 Å². The molecule has 0 unspecified atom stereocenters. The molecule has 0 aliphatic carbocycles. The van der Waals surface area contributed by atoms with Gasteiger partial charge in [0.2, 0.25) is 5.91 Å². The van der Waals surface area contributed by atoms with Crippen molar-refractivity contribution in [1.82, 2.24) is 10.2 Å². The van der Waals surface area contributed by atoms with Gasteiger partial charge < -0.3 is 25.7 Å². The molecule has 0 aromatic heterocycles. The number of carbonyl (C=O) groups excluding carboxylic acids is 1. The number of hydrogen-bond donors (Lipinski definition) is 4. The topological polar surface area (TPSA) is 119 Å². The van der Waals surface area contributed by atoms with Crippen LogP contribution in [0.25, 0.3) is 0 Å². The van der Waals surface area contributed by atoms with Gasteiger partial charge in [-0.1, -0.05) is 18.2 Å². The normalized spacial score (nSPS) is 14.6. The van der Waals surface area contributed by atoms with Crippen LogP contribution in [0.5, 0.6) is 0 Å². The fourth-order valence-electron chi connectivity index (χ4n) is 2.47. The molecule has 0 radical (unpaired) electrons. The van der Waals surface area contributed by atoms with E-state index in [0.717, 1.165) is 31.6 Å². The molecule has 4 N–H and O–H groups in total. The lowest BCUT2D eigenvalue weighted by molar-refractivity contribution is -0.134. The summed E-state index contributed by atoms with van der Waals surface area (Å²) in [7, 11) is 3.64. The van der Waals surface area contributed by atoms with Gasteiger partial charge in [-0.3, -0.25) is 14.4 Å². The molecule has 1 saturated heterocycles. The standard InChI is InChI=1S/C14H21N3O.2CH2O2/c1-17(2)13(18)14(8-10-15-11-9-14)16-12-6-4-3-5-7-12;2*2-1-3/h3-7,15-16H,8-11H2,1-2H3;2*1H,(H,2,3). The maximum absolute atomic E-state index is 12.5. The third-order valence-corrected chi connectivity index (χ3v) is 3.43. The van der Waals surface area contributed by atoms with Crippen LogP contribution in [-0.4, -0.2) is 66.7 Å². The number of carbonyl (C=O) groups is 3. The number of amides is 1. The molecule has 0 bridgehead atoms. The van der Waals surface area contributed by atoms with Crippen molar-refractivity contribution in [3.8, 4) is 0 Å². The van der Waals surface area contributed by atoms with Gasteiger partial charge in [0.05, 0.1) is 0 Å². The first-order valence-corrected chi connectivity index (χ1v) is 7.38. The van der Waals surface area contributed by atoms with Crippen LogP contribution in [0, 0.1) is 0 Å². The van der Waals surface area contributed by atoms with Crippen molar-refractivity contribution in [2.24, 2.45) is 0 Å². The third kappa shape index (κ3) is 7.10. The number of rotatable bonds is 3. The first kappa shape index (κ1) is 21.4. The molecule has 1 heterocycles. The summed E-state index contributed by atoms with van der Waals surface area (Å²) in [5, 5.41) is 20.5. The van der Waals surface area contributed by atoms with E-state index in [1.165, 1.54) is 0 Å². The molecule has 0 atom stereocenters. The zero-order chi connectivity index (χ0) is 18.4. The quantitative estimate of drug-likeness (QED) is 0.599. The Balaban J connectivity index is 0.000000772. The first-order valence-electron chi connectivity index (χ1n) is 7.38. The van der Waals surface area contributed by atoms with Crippen LogP contribution in [0.15, 0.2) is 30.3 Å². The molecule has 1 amide bonds. The van der Waals surface area contributed by atoms with E-state index >= 15 is 0 Å².